The summed E-state index contributed by atoms with van der Waals surface area (Å²) in [6.45, 7) is 4.35. The Kier molecular flexibility index (Phi) is 6.08. The van der Waals surface area contributed by atoms with Gasteiger partial charge in [0.05, 0.1) is 30.2 Å². The number of hydrogen-bond acceptors (Lipinski definition) is 5. The van der Waals surface area contributed by atoms with E-state index in [-0.39, 0.29) is 48.1 Å². The fourth-order valence-corrected chi connectivity index (χ4v) is 4.47. The van der Waals surface area contributed by atoms with E-state index < -0.39 is 11.9 Å². The summed E-state index contributed by atoms with van der Waals surface area (Å²) in [5, 5.41) is 18.1. The average molecular weight is 426 g/mol. The first-order valence-corrected chi connectivity index (χ1v) is 10.8. The molecule has 4 atom stereocenters. The molecule has 2 amide bonds. The number of rotatable bonds is 6. The number of fused-ring (bicyclic) bond motifs is 1. The Bertz CT molecular complexity index is 966. The van der Waals surface area contributed by atoms with Gasteiger partial charge in [0, 0.05) is 23.1 Å². The minimum atomic E-state index is -0.595. The minimum absolute atomic E-state index is 0.00372. The Balaban J connectivity index is 1.47. The number of carbonyl (C=O) groups is 2. The molecule has 3 unspecified atom stereocenters. The Morgan fingerprint density at radius 1 is 1.39 bits per heavy atom. The second-order valence-electron chi connectivity index (χ2n) is 8.58. The summed E-state index contributed by atoms with van der Waals surface area (Å²) < 4.78 is 20.4. The van der Waals surface area contributed by atoms with Gasteiger partial charge in [-0.25, -0.2) is 4.39 Å². The molecule has 1 aromatic carbocycles. The lowest BCUT2D eigenvalue weighted by Gasteiger charge is -2.43. The van der Waals surface area contributed by atoms with Gasteiger partial charge in [0.15, 0.2) is 0 Å². The van der Waals surface area contributed by atoms with Crippen molar-refractivity contribution in [3.05, 3.63) is 46.3 Å². The van der Waals surface area contributed by atoms with Crippen molar-refractivity contribution in [2.24, 2.45) is 5.92 Å². The molecular weight excluding hydrogens is 399 g/mol. The van der Waals surface area contributed by atoms with Crippen molar-refractivity contribution in [1.82, 2.24) is 16.0 Å². The molecule has 31 heavy (non-hydrogen) atoms. The van der Waals surface area contributed by atoms with E-state index in [4.69, 9.17) is 10.00 Å². The first-order chi connectivity index (χ1) is 14.9. The molecule has 0 spiro atoms. The smallest absolute Gasteiger partial charge is 0.247 e. The number of nitrogens with one attached hydrogen (secondary N) is 3. The highest BCUT2D eigenvalue weighted by Crippen LogP contribution is 2.36. The lowest BCUT2D eigenvalue weighted by Crippen LogP contribution is -2.59. The summed E-state index contributed by atoms with van der Waals surface area (Å²) in [7, 11) is 0. The summed E-state index contributed by atoms with van der Waals surface area (Å²) in [6.07, 6.45) is 2.95. The highest BCUT2D eigenvalue weighted by molar-refractivity contribution is 6.00. The largest absolute Gasteiger partial charge is 0.359 e. The zero-order valence-corrected chi connectivity index (χ0v) is 17.7. The van der Waals surface area contributed by atoms with E-state index in [0.29, 0.717) is 11.1 Å². The van der Waals surface area contributed by atoms with Gasteiger partial charge in [0.2, 0.25) is 11.8 Å². The molecule has 1 saturated carbocycles. The summed E-state index contributed by atoms with van der Waals surface area (Å²) in [4.78, 5) is 25.4. The summed E-state index contributed by atoms with van der Waals surface area (Å²) in [5.41, 5.74) is 1.83. The lowest BCUT2D eigenvalue weighted by molar-refractivity contribution is -0.125. The quantitative estimate of drug-likeness (QED) is 0.647. The maximum Gasteiger partial charge on any atom is 0.247 e. The van der Waals surface area contributed by atoms with Crippen LogP contribution in [0.25, 0.3) is 0 Å². The van der Waals surface area contributed by atoms with Crippen LogP contribution in [0.15, 0.2) is 29.3 Å². The molecule has 4 rings (SSSR count). The molecule has 1 aliphatic carbocycles. The summed E-state index contributed by atoms with van der Waals surface area (Å²) in [6, 6.07) is 5.44. The molecule has 164 valence electrons. The van der Waals surface area contributed by atoms with Gasteiger partial charge in [-0.3, -0.25) is 14.9 Å². The highest BCUT2D eigenvalue weighted by Gasteiger charge is 2.43. The number of hydrogen-bond donors (Lipinski definition) is 3. The van der Waals surface area contributed by atoms with E-state index in [1.807, 2.05) is 13.0 Å². The van der Waals surface area contributed by atoms with Crippen LogP contribution in [-0.2, 0) is 14.3 Å². The van der Waals surface area contributed by atoms with Crippen molar-refractivity contribution in [3.8, 4) is 6.07 Å². The fourth-order valence-electron chi connectivity index (χ4n) is 4.47. The fraction of sp³-hybridized carbons (Fsp3) is 0.522. The topological polar surface area (TPSA) is 103 Å². The van der Waals surface area contributed by atoms with E-state index in [2.05, 4.69) is 16.0 Å². The molecule has 0 aromatic heterocycles. The number of halogens is 1. The predicted octanol–water partition coefficient (Wildman–Crippen LogP) is 2.19. The van der Waals surface area contributed by atoms with Crippen LogP contribution >= 0.6 is 0 Å². The minimum Gasteiger partial charge on any atom is -0.359 e. The zero-order valence-electron chi connectivity index (χ0n) is 17.7. The normalized spacial score (nSPS) is 26.5. The number of ether oxygens (including phenoxy) is 1. The van der Waals surface area contributed by atoms with Gasteiger partial charge in [0.25, 0.3) is 0 Å². The van der Waals surface area contributed by atoms with Gasteiger partial charge in [-0.1, -0.05) is 11.6 Å². The van der Waals surface area contributed by atoms with Crippen LogP contribution in [0, 0.1) is 23.1 Å². The van der Waals surface area contributed by atoms with Gasteiger partial charge in [-0.15, -0.1) is 0 Å². The van der Waals surface area contributed by atoms with Crippen LogP contribution in [0.5, 0.6) is 0 Å². The van der Waals surface area contributed by atoms with E-state index >= 15 is 0 Å². The molecule has 7 nitrogen and oxygen atoms in total. The number of piperidine rings is 1. The highest BCUT2D eigenvalue weighted by atomic mass is 19.1. The molecular formula is C23H27FN4O3. The van der Waals surface area contributed by atoms with Gasteiger partial charge in [0.1, 0.15) is 12.0 Å². The van der Waals surface area contributed by atoms with E-state index in [1.54, 1.807) is 6.92 Å². The Morgan fingerprint density at radius 3 is 2.84 bits per heavy atom. The second kappa shape index (κ2) is 8.77. The molecule has 2 fully saturated rings. The molecule has 2 heterocycles. The Hall–Kier alpha value is -2.76. The average Bonchev–Trinajstić information content (AvgIpc) is 3.54. The van der Waals surface area contributed by atoms with Crippen molar-refractivity contribution in [2.75, 3.05) is 6.54 Å². The van der Waals surface area contributed by atoms with Gasteiger partial charge < -0.3 is 15.4 Å². The standard InChI is InChI=1S/C23H27FN4O3/c1-12-17(10-20(29)27-13(2)16-6-3-14(11-25)9-18(16)24)22(30)28-19-7-8-26-23(21(12)19)31-15-4-5-15/h3,6,9,13,15,19,21,23,26H,4-5,7-8,10H2,1-2H3,(H,27,29)(H,28,30)/t13-,19?,21?,23?/m1/s1. The third kappa shape index (κ3) is 4.63. The number of nitrogens with zero attached hydrogens (tertiary/aromatic N) is 1. The SMILES string of the molecule is CC1=C(CC(=O)N[C@H](C)c2ccc(C#N)cc2F)C(=O)NC2CCNC(OC3CC3)C12. The van der Waals surface area contributed by atoms with Crippen LogP contribution in [0.1, 0.15) is 56.7 Å². The van der Waals surface area contributed by atoms with Crippen molar-refractivity contribution in [3.63, 3.8) is 0 Å². The Labute approximate surface area is 181 Å². The number of amides is 2. The monoisotopic (exact) mass is 426 g/mol. The molecule has 3 N–H and O–H groups in total. The summed E-state index contributed by atoms with van der Waals surface area (Å²) in [5.74, 6) is -1.14. The van der Waals surface area contributed by atoms with Crippen LogP contribution in [0.3, 0.4) is 0 Å². The van der Waals surface area contributed by atoms with Crippen LogP contribution in [0.4, 0.5) is 4.39 Å². The number of carbonyl (C=O) groups excluding carboxylic acids is 2. The number of nitriles is 1. The molecule has 0 bridgehead atoms. The van der Waals surface area contributed by atoms with Crippen LogP contribution < -0.4 is 16.0 Å². The maximum atomic E-state index is 14.3. The van der Waals surface area contributed by atoms with Crippen LogP contribution in [0.2, 0.25) is 0 Å². The van der Waals surface area contributed by atoms with E-state index in [9.17, 15) is 14.0 Å². The van der Waals surface area contributed by atoms with E-state index in [1.165, 1.54) is 12.1 Å². The predicted molar refractivity (Wildman–Crippen MR) is 111 cm³/mol. The van der Waals surface area contributed by atoms with Crippen molar-refractivity contribution in [2.45, 2.75) is 63.9 Å². The Morgan fingerprint density at radius 2 is 2.16 bits per heavy atom. The van der Waals surface area contributed by atoms with Gasteiger partial charge >= 0.3 is 0 Å². The molecule has 0 radical (unpaired) electrons. The maximum absolute atomic E-state index is 14.3. The molecule has 8 heteroatoms. The third-order valence-corrected chi connectivity index (χ3v) is 6.30. The van der Waals surface area contributed by atoms with Crippen molar-refractivity contribution < 1.29 is 18.7 Å². The molecule has 2 aliphatic heterocycles. The molecule has 1 aromatic rings. The third-order valence-electron chi connectivity index (χ3n) is 6.30. The van der Waals surface area contributed by atoms with Crippen molar-refractivity contribution >= 4 is 11.8 Å². The van der Waals surface area contributed by atoms with E-state index in [0.717, 1.165) is 37.4 Å². The zero-order chi connectivity index (χ0) is 22.1. The second-order valence-corrected chi connectivity index (χ2v) is 8.58. The van der Waals surface area contributed by atoms with Gasteiger partial charge in [-0.2, -0.15) is 5.26 Å². The van der Waals surface area contributed by atoms with Gasteiger partial charge in [-0.05, 0) is 51.8 Å². The first-order valence-electron chi connectivity index (χ1n) is 10.8. The van der Waals surface area contributed by atoms with Crippen LogP contribution in [-0.4, -0.2) is 36.7 Å². The van der Waals surface area contributed by atoms with Crippen molar-refractivity contribution in [1.29, 1.82) is 5.26 Å². The summed E-state index contributed by atoms with van der Waals surface area (Å²) >= 11 is 0. The molecule has 3 aliphatic rings. The molecule has 1 saturated heterocycles. The lowest BCUT2D eigenvalue weighted by atomic mass is 9.79. The number of benzene rings is 1. The first kappa shape index (κ1) is 21.5.